The summed E-state index contributed by atoms with van der Waals surface area (Å²) in [4.78, 5) is 5.27. The third kappa shape index (κ3) is 4.31. The Morgan fingerprint density at radius 2 is 0.878 bits per heavy atom. The molecule has 49 heavy (non-hydrogen) atoms. The van der Waals surface area contributed by atoms with E-state index in [1.54, 1.807) is 0 Å². The molecule has 1 heterocycles. The highest BCUT2D eigenvalue weighted by atomic mass is 15.1. The summed E-state index contributed by atoms with van der Waals surface area (Å²) >= 11 is 0. The molecular weight excluding hydrogens is 593 g/mol. The van der Waals surface area contributed by atoms with Crippen molar-refractivity contribution in [3.63, 3.8) is 0 Å². The fraction of sp³-hybridized carbons (Fsp3) is 0. The number of rotatable bonds is 4. The number of hydrogen-bond donors (Lipinski definition) is 0. The molecule has 9 aromatic carbocycles. The predicted octanol–water partition coefficient (Wildman–Crippen LogP) is 12.6. The van der Waals surface area contributed by atoms with Crippen molar-refractivity contribution in [2.24, 2.45) is 0 Å². The highest BCUT2D eigenvalue weighted by Gasteiger charge is 2.21. The van der Waals surface area contributed by atoms with E-state index in [4.69, 9.17) is 4.98 Å². The Bertz CT molecular complexity index is 2870. The maximum Gasteiger partial charge on any atom is 0.145 e. The lowest BCUT2D eigenvalue weighted by atomic mass is 9.83. The molecule has 0 spiro atoms. The van der Waals surface area contributed by atoms with E-state index in [2.05, 4.69) is 187 Å². The first-order valence-corrected chi connectivity index (χ1v) is 16.8. The van der Waals surface area contributed by atoms with Crippen LogP contribution in [0.5, 0.6) is 0 Å². The number of imidazole rings is 1. The van der Waals surface area contributed by atoms with Crippen LogP contribution in [0, 0.1) is 0 Å². The molecule has 0 aliphatic rings. The van der Waals surface area contributed by atoms with E-state index in [0.717, 1.165) is 28.1 Å². The second kappa shape index (κ2) is 11.0. The average Bonchev–Trinajstić information content (AvgIpc) is 3.57. The van der Waals surface area contributed by atoms with Crippen molar-refractivity contribution in [2.45, 2.75) is 0 Å². The summed E-state index contributed by atoms with van der Waals surface area (Å²) in [6, 6.07) is 65.7. The summed E-state index contributed by atoms with van der Waals surface area (Å²) in [5.74, 6) is 0.929. The van der Waals surface area contributed by atoms with E-state index >= 15 is 0 Å². The lowest BCUT2D eigenvalue weighted by Gasteiger charge is -2.20. The minimum absolute atomic E-state index is 0.929. The zero-order valence-electron chi connectivity index (χ0n) is 26.7. The van der Waals surface area contributed by atoms with Gasteiger partial charge >= 0.3 is 0 Å². The molecule has 0 aliphatic heterocycles. The molecule has 0 radical (unpaired) electrons. The molecule has 1 aromatic heterocycles. The van der Waals surface area contributed by atoms with Crippen LogP contribution in [0.2, 0.25) is 0 Å². The summed E-state index contributed by atoms with van der Waals surface area (Å²) in [6.07, 6.45) is 0. The predicted molar refractivity (Wildman–Crippen MR) is 207 cm³/mol. The molecule has 0 saturated carbocycles. The second-order valence-corrected chi connectivity index (χ2v) is 12.7. The Morgan fingerprint density at radius 3 is 1.55 bits per heavy atom. The number of para-hydroxylation sites is 3. The number of nitrogens with zero attached hydrogens (tertiary/aromatic N) is 2. The topological polar surface area (TPSA) is 17.8 Å². The molecule has 0 saturated heterocycles. The molecule has 0 atom stereocenters. The summed E-state index contributed by atoms with van der Waals surface area (Å²) < 4.78 is 2.29. The second-order valence-electron chi connectivity index (χ2n) is 12.7. The van der Waals surface area contributed by atoms with Gasteiger partial charge in [-0.15, -0.1) is 0 Å². The zero-order valence-corrected chi connectivity index (χ0v) is 26.7. The van der Waals surface area contributed by atoms with E-state index in [1.807, 2.05) is 0 Å². The van der Waals surface area contributed by atoms with E-state index < -0.39 is 0 Å². The minimum Gasteiger partial charge on any atom is -0.292 e. The smallest absolute Gasteiger partial charge is 0.145 e. The lowest BCUT2D eigenvalue weighted by molar-refractivity contribution is 1.10. The minimum atomic E-state index is 0.929. The molecule has 2 heteroatoms. The van der Waals surface area contributed by atoms with Crippen molar-refractivity contribution >= 4 is 54.1 Å². The Kier molecular flexibility index (Phi) is 6.22. The van der Waals surface area contributed by atoms with E-state index in [0.29, 0.717) is 0 Å². The molecule has 0 fully saturated rings. The first-order valence-electron chi connectivity index (χ1n) is 16.8. The fourth-order valence-corrected chi connectivity index (χ4v) is 7.84. The van der Waals surface area contributed by atoms with Crippen LogP contribution in [0.3, 0.4) is 0 Å². The number of aromatic nitrogens is 2. The third-order valence-electron chi connectivity index (χ3n) is 9.98. The van der Waals surface area contributed by atoms with Crippen LogP contribution in [-0.4, -0.2) is 9.55 Å². The van der Waals surface area contributed by atoms with Gasteiger partial charge in [0.1, 0.15) is 5.82 Å². The van der Waals surface area contributed by atoms with Crippen LogP contribution in [0.4, 0.5) is 0 Å². The number of hydrogen-bond acceptors (Lipinski definition) is 1. The molecular formula is C47H30N2. The fourth-order valence-electron chi connectivity index (χ4n) is 7.84. The van der Waals surface area contributed by atoms with Crippen LogP contribution in [-0.2, 0) is 0 Å². The van der Waals surface area contributed by atoms with Gasteiger partial charge in [0.15, 0.2) is 0 Å². The van der Waals surface area contributed by atoms with Crippen molar-refractivity contribution in [3.8, 4) is 39.3 Å². The Balaban J connectivity index is 1.38. The van der Waals surface area contributed by atoms with Gasteiger partial charge in [-0.25, -0.2) is 4.98 Å². The maximum absolute atomic E-state index is 5.27. The van der Waals surface area contributed by atoms with Crippen molar-refractivity contribution in [1.82, 2.24) is 9.55 Å². The van der Waals surface area contributed by atoms with Gasteiger partial charge in [0.25, 0.3) is 0 Å². The van der Waals surface area contributed by atoms with Gasteiger partial charge in [-0.1, -0.05) is 152 Å². The SMILES string of the molecule is c1ccc(-n2c(-c3ccc4c(-c5cccc6ccccc56)c5ccccc5c(-c5cccc6ccccc56)c4c3)nc3ccccc32)cc1. The van der Waals surface area contributed by atoms with Crippen LogP contribution >= 0.6 is 0 Å². The molecule has 0 aliphatic carbocycles. The quantitative estimate of drug-likeness (QED) is 0.179. The highest BCUT2D eigenvalue weighted by Crippen LogP contribution is 2.47. The third-order valence-corrected chi connectivity index (χ3v) is 9.98. The lowest BCUT2D eigenvalue weighted by Crippen LogP contribution is -1.98. The summed E-state index contributed by atoms with van der Waals surface area (Å²) in [7, 11) is 0. The van der Waals surface area contributed by atoms with Crippen molar-refractivity contribution < 1.29 is 0 Å². The highest BCUT2D eigenvalue weighted by molar-refractivity contribution is 6.25. The maximum atomic E-state index is 5.27. The standard InChI is InChI=1S/C47H30N2/c1-2-18-34(19-3-1)49-44-27-11-10-26-43(44)48-47(49)33-28-29-41-42(30-33)46(38-25-13-17-32-15-5-7-21-36(32)38)40-23-9-8-22-39(40)45(41)37-24-12-16-31-14-4-6-20-35(31)37/h1-30H. The van der Waals surface area contributed by atoms with E-state index in [-0.39, 0.29) is 0 Å². The van der Waals surface area contributed by atoms with Crippen molar-refractivity contribution in [1.29, 1.82) is 0 Å². The van der Waals surface area contributed by atoms with Crippen LogP contribution in [0.25, 0.3) is 93.5 Å². The van der Waals surface area contributed by atoms with Crippen molar-refractivity contribution in [3.05, 3.63) is 182 Å². The Morgan fingerprint density at radius 1 is 0.367 bits per heavy atom. The van der Waals surface area contributed by atoms with Gasteiger partial charge < -0.3 is 0 Å². The first-order chi connectivity index (χ1) is 24.3. The van der Waals surface area contributed by atoms with Crippen LogP contribution < -0.4 is 0 Å². The van der Waals surface area contributed by atoms with Crippen LogP contribution in [0.1, 0.15) is 0 Å². The molecule has 0 unspecified atom stereocenters. The van der Waals surface area contributed by atoms with Gasteiger partial charge in [-0.05, 0) is 95.7 Å². The molecule has 228 valence electrons. The average molecular weight is 623 g/mol. The first kappa shape index (κ1) is 27.6. The molecule has 0 N–H and O–H groups in total. The van der Waals surface area contributed by atoms with Crippen LogP contribution in [0.15, 0.2) is 182 Å². The molecule has 0 amide bonds. The molecule has 10 rings (SSSR count). The number of benzene rings is 9. The molecule has 2 nitrogen and oxygen atoms in total. The Hall–Kier alpha value is -6.51. The summed E-state index contributed by atoms with van der Waals surface area (Å²) in [5.41, 5.74) is 9.22. The van der Waals surface area contributed by atoms with Gasteiger partial charge in [-0.3, -0.25) is 4.57 Å². The Labute approximate surface area is 284 Å². The van der Waals surface area contributed by atoms with E-state index in [9.17, 15) is 0 Å². The van der Waals surface area contributed by atoms with Gasteiger partial charge in [0, 0.05) is 11.3 Å². The largest absolute Gasteiger partial charge is 0.292 e. The summed E-state index contributed by atoms with van der Waals surface area (Å²) in [6.45, 7) is 0. The number of fused-ring (bicyclic) bond motifs is 5. The van der Waals surface area contributed by atoms with E-state index in [1.165, 1.54) is 65.3 Å². The van der Waals surface area contributed by atoms with Gasteiger partial charge in [0.05, 0.1) is 11.0 Å². The van der Waals surface area contributed by atoms with Gasteiger partial charge in [0.2, 0.25) is 0 Å². The van der Waals surface area contributed by atoms with Gasteiger partial charge in [-0.2, -0.15) is 0 Å². The van der Waals surface area contributed by atoms with Crippen molar-refractivity contribution in [2.75, 3.05) is 0 Å². The summed E-state index contributed by atoms with van der Waals surface area (Å²) in [5, 5.41) is 9.90. The normalized spacial score (nSPS) is 11.7. The zero-order chi connectivity index (χ0) is 32.3. The monoisotopic (exact) mass is 622 g/mol. The molecule has 10 aromatic rings. The molecule has 0 bridgehead atoms.